The monoisotopic (exact) mass is 447 g/mol. The molecule has 0 fully saturated rings. The molecule has 0 heterocycles. The SMILES string of the molecule is C[CH-]C.C[CH-]C.Cc1cc2ccccc2[cH-]1.Cl.Cl.Cl.P.[Zr+3]. The van der Waals surface area contributed by atoms with Crippen LogP contribution in [0.2, 0.25) is 0 Å². The second-order valence-corrected chi connectivity index (χ2v) is 3.82. The van der Waals surface area contributed by atoms with Gasteiger partial charge in [0.1, 0.15) is 0 Å². The largest absolute Gasteiger partial charge is 3.00 e. The third kappa shape index (κ3) is 19.0. The van der Waals surface area contributed by atoms with Gasteiger partial charge in [-0.1, -0.05) is 13.0 Å². The molecule has 0 aromatic heterocycles. The minimum atomic E-state index is 0. The summed E-state index contributed by atoms with van der Waals surface area (Å²) in [6.45, 7) is 10.1. The molecule has 2 aromatic rings. The van der Waals surface area contributed by atoms with Gasteiger partial charge in [-0.25, -0.2) is 0 Å². The molecule has 2 rings (SSSR count). The van der Waals surface area contributed by atoms with Crippen LogP contribution >= 0.6 is 47.1 Å². The fraction of sp³-hybridized carbons (Fsp3) is 0.312. The molecule has 0 aliphatic carbocycles. The molecule has 1 unspecified atom stereocenters. The molecule has 123 valence electrons. The molecule has 0 amide bonds. The molecule has 0 bridgehead atoms. The van der Waals surface area contributed by atoms with Crippen LogP contribution in [-0.4, -0.2) is 0 Å². The van der Waals surface area contributed by atoms with Crippen molar-refractivity contribution in [2.75, 3.05) is 0 Å². The van der Waals surface area contributed by atoms with Gasteiger partial charge < -0.3 is 12.8 Å². The Morgan fingerprint density at radius 2 is 1.24 bits per heavy atom. The normalized spacial score (nSPS) is 6.71. The first kappa shape index (κ1) is 37.9. The summed E-state index contributed by atoms with van der Waals surface area (Å²) in [5, 5.41) is 2.69. The zero-order chi connectivity index (χ0) is 12.4. The molecule has 2 aromatic carbocycles. The van der Waals surface area contributed by atoms with Gasteiger partial charge in [-0.2, -0.15) is 43.7 Å². The van der Waals surface area contributed by atoms with Gasteiger partial charge in [0, 0.05) is 0 Å². The van der Waals surface area contributed by atoms with E-state index in [1.807, 2.05) is 40.5 Å². The molecule has 0 spiro atoms. The summed E-state index contributed by atoms with van der Waals surface area (Å²) in [5.74, 6) is 0. The van der Waals surface area contributed by atoms with Crippen LogP contribution in [0.15, 0.2) is 36.4 Å². The fourth-order valence-corrected chi connectivity index (χ4v) is 1.31. The maximum Gasteiger partial charge on any atom is 3.00 e. The third-order valence-electron chi connectivity index (χ3n) is 1.76. The van der Waals surface area contributed by atoms with Gasteiger partial charge in [0.25, 0.3) is 0 Å². The minimum Gasteiger partial charge on any atom is -0.335 e. The van der Waals surface area contributed by atoms with E-state index >= 15 is 0 Å². The van der Waals surface area contributed by atoms with Crippen LogP contribution in [0.5, 0.6) is 0 Å². The van der Waals surface area contributed by atoms with Crippen LogP contribution in [0.3, 0.4) is 0 Å². The second kappa shape index (κ2) is 25.9. The van der Waals surface area contributed by atoms with Crippen molar-refractivity contribution < 1.29 is 26.2 Å². The Bertz CT molecular complexity index is 357. The zero-order valence-electron chi connectivity index (χ0n) is 13.6. The standard InChI is InChI=1S/C10H9.2C3H7.3ClH.H3P.Zr/c1-8-6-9-4-2-3-5-10(9)7-8;2*1-3-2;;;;;/h2-7H,1H3;2*3H,1-2H3;3*1H;1H3;/q3*-1;;;;;+3. The molecule has 0 aliphatic rings. The Hall–Kier alpha value is 1.01. The number of aryl methyl sites for hydroxylation is 1. The van der Waals surface area contributed by atoms with Gasteiger partial charge in [-0.05, 0) is 0 Å². The summed E-state index contributed by atoms with van der Waals surface area (Å²) in [6.07, 6.45) is 4.00. The van der Waals surface area contributed by atoms with E-state index in [1.54, 1.807) is 0 Å². The van der Waals surface area contributed by atoms with Crippen molar-refractivity contribution in [2.45, 2.75) is 34.6 Å². The van der Waals surface area contributed by atoms with Crippen LogP contribution < -0.4 is 0 Å². The van der Waals surface area contributed by atoms with E-state index in [9.17, 15) is 0 Å². The van der Waals surface area contributed by atoms with Crippen molar-refractivity contribution in [1.82, 2.24) is 0 Å². The van der Waals surface area contributed by atoms with Crippen molar-refractivity contribution in [3.8, 4) is 0 Å². The number of halogens is 3. The fourth-order valence-electron chi connectivity index (χ4n) is 1.31. The molecule has 0 N–H and O–H groups in total. The molecule has 5 heteroatoms. The minimum absolute atomic E-state index is 0. The van der Waals surface area contributed by atoms with Crippen molar-refractivity contribution in [3.63, 3.8) is 0 Å². The Morgan fingerprint density at radius 1 is 0.857 bits per heavy atom. The smallest absolute Gasteiger partial charge is 0.335 e. The Morgan fingerprint density at radius 3 is 1.62 bits per heavy atom. The maximum absolute atomic E-state index is 2.20. The maximum atomic E-state index is 2.20. The van der Waals surface area contributed by atoms with E-state index in [0.29, 0.717) is 0 Å². The van der Waals surface area contributed by atoms with Crippen LogP contribution in [0.4, 0.5) is 0 Å². The van der Waals surface area contributed by atoms with E-state index in [2.05, 4.69) is 43.3 Å². The number of rotatable bonds is 0. The average molecular weight is 450 g/mol. The predicted molar refractivity (Wildman–Crippen MR) is 108 cm³/mol. The predicted octanol–water partition coefficient (Wildman–Crippen LogP) is 6.65. The summed E-state index contributed by atoms with van der Waals surface area (Å²) in [6, 6.07) is 12.8. The Balaban J connectivity index is -0.0000000458. The zero-order valence-corrected chi connectivity index (χ0v) is 19.9. The topological polar surface area (TPSA) is 0 Å². The van der Waals surface area contributed by atoms with Crippen LogP contribution in [-0.2, 0) is 26.2 Å². The molecule has 21 heavy (non-hydrogen) atoms. The molecule has 1 radical (unpaired) electrons. The summed E-state index contributed by atoms with van der Waals surface area (Å²) >= 11 is 0. The molecule has 0 saturated carbocycles. The number of benzene rings is 1. The Kier molecular flexibility index (Phi) is 46.8. The van der Waals surface area contributed by atoms with E-state index in [1.165, 1.54) is 16.3 Å². The molecular weight excluding hydrogens is 421 g/mol. The molecule has 1 atom stereocenters. The van der Waals surface area contributed by atoms with E-state index in [-0.39, 0.29) is 73.3 Å². The summed E-state index contributed by atoms with van der Waals surface area (Å²) < 4.78 is 0. The molecule has 0 aliphatic heterocycles. The van der Waals surface area contributed by atoms with Gasteiger partial charge in [-0.3, -0.25) is 0 Å². The van der Waals surface area contributed by atoms with Gasteiger partial charge in [-0.15, -0.1) is 77.8 Å². The first-order valence-electron chi connectivity index (χ1n) is 5.79. The summed E-state index contributed by atoms with van der Waals surface area (Å²) in [5.41, 5.74) is 1.35. The van der Waals surface area contributed by atoms with Crippen molar-refractivity contribution in [2.24, 2.45) is 0 Å². The average Bonchev–Trinajstić information content (AvgIpc) is 2.60. The Labute approximate surface area is 172 Å². The van der Waals surface area contributed by atoms with Gasteiger partial charge in [0.15, 0.2) is 0 Å². The number of fused-ring (bicyclic) bond motifs is 1. The second-order valence-electron chi connectivity index (χ2n) is 3.82. The van der Waals surface area contributed by atoms with Gasteiger partial charge in [0.2, 0.25) is 0 Å². The van der Waals surface area contributed by atoms with Crippen LogP contribution in [0.1, 0.15) is 33.3 Å². The van der Waals surface area contributed by atoms with Crippen LogP contribution in [0.25, 0.3) is 10.8 Å². The summed E-state index contributed by atoms with van der Waals surface area (Å²) in [4.78, 5) is 0. The third-order valence-corrected chi connectivity index (χ3v) is 1.76. The molecule has 0 nitrogen and oxygen atoms in total. The quantitative estimate of drug-likeness (QED) is 0.312. The van der Waals surface area contributed by atoms with Crippen molar-refractivity contribution >= 4 is 57.9 Å². The van der Waals surface area contributed by atoms with Crippen molar-refractivity contribution in [1.29, 1.82) is 0 Å². The van der Waals surface area contributed by atoms with E-state index in [0.717, 1.165) is 0 Å². The summed E-state index contributed by atoms with van der Waals surface area (Å²) in [7, 11) is 0. The molecule has 0 saturated heterocycles. The van der Waals surface area contributed by atoms with E-state index < -0.39 is 0 Å². The number of hydrogen-bond donors (Lipinski definition) is 0. The van der Waals surface area contributed by atoms with Crippen LogP contribution in [0, 0.1) is 19.8 Å². The van der Waals surface area contributed by atoms with Gasteiger partial charge >= 0.3 is 26.2 Å². The first-order valence-corrected chi connectivity index (χ1v) is 5.79. The van der Waals surface area contributed by atoms with Crippen molar-refractivity contribution in [3.05, 3.63) is 54.8 Å². The number of hydrogen-bond acceptors (Lipinski definition) is 0. The molecular formula is C16H29Cl3PZr. The van der Waals surface area contributed by atoms with E-state index in [4.69, 9.17) is 0 Å². The van der Waals surface area contributed by atoms with Gasteiger partial charge in [0.05, 0.1) is 0 Å². The first-order chi connectivity index (χ1) is 7.69.